The standard InChI is InChI=1S/C23H28N2O5/c1-27-18-8-6-17(7-9-18)25-16-22(30-23(25)26)15-24-12-10-19(11-13-24)29-21-5-3-4-20(14-21)28-2/h3-9,14,19,22H,10-13,15-16H2,1-2H3/t22-/m0/s1. The van der Waals surface area contributed by atoms with E-state index in [-0.39, 0.29) is 18.3 Å². The third-order valence-corrected chi connectivity index (χ3v) is 5.60. The van der Waals surface area contributed by atoms with Crippen molar-refractivity contribution in [2.45, 2.75) is 25.0 Å². The highest BCUT2D eigenvalue weighted by Crippen LogP contribution is 2.26. The number of ether oxygens (including phenoxy) is 4. The van der Waals surface area contributed by atoms with Gasteiger partial charge in [-0.1, -0.05) is 6.07 Å². The van der Waals surface area contributed by atoms with Gasteiger partial charge in [-0.2, -0.15) is 0 Å². The summed E-state index contributed by atoms with van der Waals surface area (Å²) >= 11 is 0. The Labute approximate surface area is 177 Å². The van der Waals surface area contributed by atoms with Crippen LogP contribution in [0, 0.1) is 0 Å². The molecule has 0 N–H and O–H groups in total. The first-order valence-corrected chi connectivity index (χ1v) is 10.3. The Morgan fingerprint density at radius 2 is 1.67 bits per heavy atom. The first kappa shape index (κ1) is 20.3. The fourth-order valence-electron chi connectivity index (χ4n) is 3.95. The minimum Gasteiger partial charge on any atom is -0.497 e. The molecular formula is C23H28N2O5. The molecule has 30 heavy (non-hydrogen) atoms. The minimum atomic E-state index is -0.290. The van der Waals surface area contributed by atoms with Crippen LogP contribution in [0.5, 0.6) is 17.2 Å². The summed E-state index contributed by atoms with van der Waals surface area (Å²) in [4.78, 5) is 16.3. The molecule has 0 aliphatic carbocycles. The molecule has 0 unspecified atom stereocenters. The van der Waals surface area contributed by atoms with Crippen molar-refractivity contribution in [1.82, 2.24) is 4.90 Å². The highest BCUT2D eigenvalue weighted by Gasteiger charge is 2.34. The number of methoxy groups -OCH3 is 2. The van der Waals surface area contributed by atoms with Gasteiger partial charge in [0.15, 0.2) is 0 Å². The van der Waals surface area contributed by atoms with Crippen molar-refractivity contribution in [1.29, 1.82) is 0 Å². The maximum Gasteiger partial charge on any atom is 0.414 e. The third kappa shape index (κ3) is 4.79. The minimum absolute atomic E-state index is 0.129. The summed E-state index contributed by atoms with van der Waals surface area (Å²) in [5, 5.41) is 0. The van der Waals surface area contributed by atoms with Crippen LogP contribution in [0.3, 0.4) is 0 Å². The highest BCUT2D eigenvalue weighted by atomic mass is 16.6. The number of amides is 1. The predicted molar refractivity (Wildman–Crippen MR) is 114 cm³/mol. The second-order valence-electron chi connectivity index (χ2n) is 7.61. The Morgan fingerprint density at radius 3 is 2.37 bits per heavy atom. The van der Waals surface area contributed by atoms with Gasteiger partial charge >= 0.3 is 6.09 Å². The molecule has 0 spiro atoms. The Morgan fingerprint density at radius 1 is 0.967 bits per heavy atom. The van der Waals surface area contributed by atoms with E-state index >= 15 is 0 Å². The zero-order valence-electron chi connectivity index (χ0n) is 17.5. The molecule has 2 aromatic carbocycles. The van der Waals surface area contributed by atoms with Gasteiger partial charge in [0.25, 0.3) is 0 Å². The maximum atomic E-state index is 12.3. The summed E-state index contributed by atoms with van der Waals surface area (Å²) in [5.41, 5.74) is 0.827. The quantitative estimate of drug-likeness (QED) is 0.693. The number of carbonyl (C=O) groups excluding carboxylic acids is 1. The van der Waals surface area contributed by atoms with Crippen LogP contribution in [0.1, 0.15) is 12.8 Å². The van der Waals surface area contributed by atoms with Gasteiger partial charge < -0.3 is 18.9 Å². The molecule has 1 atom stereocenters. The Kier molecular flexibility index (Phi) is 6.28. The van der Waals surface area contributed by atoms with Gasteiger partial charge in [-0.15, -0.1) is 0 Å². The zero-order valence-corrected chi connectivity index (χ0v) is 17.5. The number of cyclic esters (lactones) is 1. The van der Waals surface area contributed by atoms with E-state index in [1.54, 1.807) is 19.1 Å². The smallest absolute Gasteiger partial charge is 0.414 e. The zero-order chi connectivity index (χ0) is 20.9. The molecule has 1 amide bonds. The molecule has 0 saturated carbocycles. The number of hydrogen-bond donors (Lipinski definition) is 0. The van der Waals surface area contributed by atoms with Gasteiger partial charge in [0.05, 0.1) is 20.8 Å². The van der Waals surface area contributed by atoms with Gasteiger partial charge in [0.2, 0.25) is 0 Å². The van der Waals surface area contributed by atoms with Crippen LogP contribution in [-0.4, -0.2) is 63.6 Å². The number of carbonyl (C=O) groups is 1. The van der Waals surface area contributed by atoms with E-state index in [9.17, 15) is 4.79 Å². The normalized spacial score (nSPS) is 20.1. The number of piperidine rings is 1. The van der Waals surface area contributed by atoms with Crippen LogP contribution in [0.2, 0.25) is 0 Å². The molecule has 2 aliphatic heterocycles. The topological polar surface area (TPSA) is 60.5 Å². The van der Waals surface area contributed by atoms with Crippen molar-refractivity contribution in [2.75, 3.05) is 45.3 Å². The van der Waals surface area contributed by atoms with Crippen LogP contribution in [0.4, 0.5) is 10.5 Å². The van der Waals surface area contributed by atoms with Gasteiger partial charge in [-0.05, 0) is 49.2 Å². The monoisotopic (exact) mass is 412 g/mol. The van der Waals surface area contributed by atoms with E-state index in [0.717, 1.165) is 55.4 Å². The molecule has 2 aromatic rings. The number of likely N-dealkylation sites (tertiary alicyclic amines) is 1. The van der Waals surface area contributed by atoms with Crippen molar-refractivity contribution in [2.24, 2.45) is 0 Å². The number of rotatable bonds is 7. The molecule has 0 radical (unpaired) electrons. The summed E-state index contributed by atoms with van der Waals surface area (Å²) in [6, 6.07) is 15.2. The van der Waals surface area contributed by atoms with Crippen LogP contribution in [-0.2, 0) is 4.74 Å². The van der Waals surface area contributed by atoms with Crippen LogP contribution in [0.15, 0.2) is 48.5 Å². The molecule has 2 fully saturated rings. The molecule has 7 heteroatoms. The van der Waals surface area contributed by atoms with Crippen molar-refractivity contribution in [3.8, 4) is 17.2 Å². The van der Waals surface area contributed by atoms with Crippen LogP contribution >= 0.6 is 0 Å². The van der Waals surface area contributed by atoms with Gasteiger partial charge in [-0.3, -0.25) is 9.80 Å². The summed E-state index contributed by atoms with van der Waals surface area (Å²) in [5.74, 6) is 2.41. The van der Waals surface area contributed by atoms with Crippen molar-refractivity contribution in [3.63, 3.8) is 0 Å². The number of anilines is 1. The largest absolute Gasteiger partial charge is 0.497 e. The SMILES string of the molecule is COc1ccc(N2C[C@H](CN3CCC(Oc4cccc(OC)c4)CC3)OC2=O)cc1. The predicted octanol–water partition coefficient (Wildman–Crippen LogP) is 3.57. The Balaban J connectivity index is 1.25. The van der Waals surface area contributed by atoms with Gasteiger partial charge in [-0.25, -0.2) is 4.79 Å². The first-order chi connectivity index (χ1) is 14.6. The molecule has 2 aliphatic rings. The van der Waals surface area contributed by atoms with Crippen molar-refractivity contribution in [3.05, 3.63) is 48.5 Å². The lowest BCUT2D eigenvalue weighted by Gasteiger charge is -2.33. The molecular weight excluding hydrogens is 384 g/mol. The summed E-state index contributed by atoms with van der Waals surface area (Å²) < 4.78 is 22.2. The second kappa shape index (κ2) is 9.26. The Hall–Kier alpha value is -2.93. The van der Waals surface area contributed by atoms with Gasteiger partial charge in [0, 0.05) is 31.4 Å². The van der Waals surface area contributed by atoms with E-state index in [4.69, 9.17) is 18.9 Å². The van der Waals surface area contributed by atoms with E-state index in [1.165, 1.54) is 0 Å². The highest BCUT2D eigenvalue weighted by molar-refractivity contribution is 5.89. The lowest BCUT2D eigenvalue weighted by Crippen LogP contribution is -2.42. The van der Waals surface area contributed by atoms with E-state index in [0.29, 0.717) is 6.54 Å². The van der Waals surface area contributed by atoms with Crippen LogP contribution in [0.25, 0.3) is 0 Å². The van der Waals surface area contributed by atoms with Crippen molar-refractivity contribution < 1.29 is 23.7 Å². The molecule has 7 nitrogen and oxygen atoms in total. The summed E-state index contributed by atoms with van der Waals surface area (Å²) in [7, 11) is 3.28. The van der Waals surface area contributed by atoms with E-state index in [2.05, 4.69) is 4.90 Å². The fraction of sp³-hybridized carbons (Fsp3) is 0.435. The number of nitrogens with zero attached hydrogens (tertiary/aromatic N) is 2. The van der Waals surface area contributed by atoms with Crippen molar-refractivity contribution >= 4 is 11.8 Å². The summed E-state index contributed by atoms with van der Waals surface area (Å²) in [6.07, 6.45) is 1.66. The molecule has 2 heterocycles. The average molecular weight is 412 g/mol. The summed E-state index contributed by atoms with van der Waals surface area (Å²) in [6.45, 7) is 3.14. The van der Waals surface area contributed by atoms with E-state index in [1.807, 2.05) is 48.5 Å². The Bertz CT molecular complexity index is 849. The van der Waals surface area contributed by atoms with Gasteiger partial charge in [0.1, 0.15) is 29.5 Å². The van der Waals surface area contributed by atoms with E-state index < -0.39 is 0 Å². The molecule has 0 aromatic heterocycles. The third-order valence-electron chi connectivity index (χ3n) is 5.60. The maximum absolute atomic E-state index is 12.3. The average Bonchev–Trinajstić information content (AvgIpc) is 3.15. The van der Waals surface area contributed by atoms with Crippen LogP contribution < -0.4 is 19.1 Å². The molecule has 4 rings (SSSR count). The number of benzene rings is 2. The first-order valence-electron chi connectivity index (χ1n) is 10.3. The molecule has 2 saturated heterocycles. The fourth-order valence-corrected chi connectivity index (χ4v) is 3.95. The molecule has 0 bridgehead atoms. The molecule has 160 valence electrons. The lowest BCUT2D eigenvalue weighted by molar-refractivity contribution is 0.0654. The lowest BCUT2D eigenvalue weighted by atomic mass is 10.1. The number of hydrogen-bond acceptors (Lipinski definition) is 6. The second-order valence-corrected chi connectivity index (χ2v) is 7.61.